The fourth-order valence-corrected chi connectivity index (χ4v) is 3.37. The van der Waals surface area contributed by atoms with E-state index in [1.165, 1.54) is 5.01 Å². The molecular formula is C23H29N5O2. The van der Waals surface area contributed by atoms with Crippen molar-refractivity contribution < 1.29 is 9.59 Å². The van der Waals surface area contributed by atoms with Crippen molar-refractivity contribution in [1.82, 2.24) is 15.3 Å². The Morgan fingerprint density at radius 2 is 1.83 bits per heavy atom. The van der Waals surface area contributed by atoms with Crippen molar-refractivity contribution in [3.8, 4) is 0 Å². The van der Waals surface area contributed by atoms with Gasteiger partial charge in [0.25, 0.3) is 0 Å². The second kappa shape index (κ2) is 10.5. The van der Waals surface area contributed by atoms with E-state index < -0.39 is 0 Å². The first-order valence-electron chi connectivity index (χ1n) is 10.5. The number of anilines is 1. The molecule has 0 saturated carbocycles. The highest BCUT2D eigenvalue weighted by Gasteiger charge is 2.21. The Morgan fingerprint density at radius 1 is 1.07 bits per heavy atom. The lowest BCUT2D eigenvalue weighted by atomic mass is 10.1. The molecule has 1 aromatic heterocycles. The van der Waals surface area contributed by atoms with Crippen LogP contribution in [-0.4, -0.2) is 47.2 Å². The van der Waals surface area contributed by atoms with Crippen LogP contribution in [0, 0.1) is 0 Å². The molecule has 0 saturated heterocycles. The Labute approximate surface area is 177 Å². The van der Waals surface area contributed by atoms with E-state index in [-0.39, 0.29) is 24.7 Å². The predicted molar refractivity (Wildman–Crippen MR) is 118 cm³/mol. The molecule has 158 valence electrons. The van der Waals surface area contributed by atoms with E-state index in [0.717, 1.165) is 42.2 Å². The van der Waals surface area contributed by atoms with Gasteiger partial charge in [-0.1, -0.05) is 36.4 Å². The standard InChI is InChI=1S/C23H29N5O2/c1-3-27(4-2)21-11-10-18(16-24-21)17-25-22(29)12-13-23(30)28-15-14-20(26-28)19-8-6-5-7-9-19/h5-11,16H,3-4,12-15,17H2,1-2H3,(H,25,29). The van der Waals surface area contributed by atoms with Crippen LogP contribution in [0.4, 0.5) is 5.82 Å². The van der Waals surface area contributed by atoms with Crippen LogP contribution in [-0.2, 0) is 16.1 Å². The summed E-state index contributed by atoms with van der Waals surface area (Å²) >= 11 is 0. The van der Waals surface area contributed by atoms with Crippen molar-refractivity contribution in [3.05, 3.63) is 59.8 Å². The maximum Gasteiger partial charge on any atom is 0.243 e. The Kier molecular flexibility index (Phi) is 7.54. The minimum absolute atomic E-state index is 0.124. The van der Waals surface area contributed by atoms with Gasteiger partial charge in [-0.15, -0.1) is 0 Å². The highest BCUT2D eigenvalue weighted by molar-refractivity contribution is 6.02. The lowest BCUT2D eigenvalue weighted by molar-refractivity contribution is -0.133. The minimum atomic E-state index is -0.150. The molecule has 0 atom stereocenters. The number of amides is 2. The molecule has 2 heterocycles. The molecule has 0 radical (unpaired) electrons. The van der Waals surface area contributed by atoms with Gasteiger partial charge in [-0.3, -0.25) is 9.59 Å². The monoisotopic (exact) mass is 407 g/mol. The van der Waals surface area contributed by atoms with Gasteiger partial charge in [0.2, 0.25) is 11.8 Å². The van der Waals surface area contributed by atoms with Crippen LogP contribution in [0.5, 0.6) is 0 Å². The zero-order valence-electron chi connectivity index (χ0n) is 17.7. The average Bonchev–Trinajstić information content (AvgIpc) is 3.29. The summed E-state index contributed by atoms with van der Waals surface area (Å²) in [6.45, 7) is 6.96. The molecule has 7 nitrogen and oxygen atoms in total. The number of nitrogens with zero attached hydrogens (tertiary/aromatic N) is 4. The van der Waals surface area contributed by atoms with E-state index in [9.17, 15) is 9.59 Å². The summed E-state index contributed by atoms with van der Waals surface area (Å²) in [7, 11) is 0. The summed E-state index contributed by atoms with van der Waals surface area (Å²) in [5.74, 6) is 0.658. The van der Waals surface area contributed by atoms with Gasteiger partial charge in [0.05, 0.1) is 12.3 Å². The van der Waals surface area contributed by atoms with E-state index in [0.29, 0.717) is 13.1 Å². The third-order valence-electron chi connectivity index (χ3n) is 5.15. The minimum Gasteiger partial charge on any atom is -0.357 e. The second-order valence-electron chi connectivity index (χ2n) is 7.15. The summed E-state index contributed by atoms with van der Waals surface area (Å²) < 4.78 is 0. The molecule has 30 heavy (non-hydrogen) atoms. The van der Waals surface area contributed by atoms with E-state index in [4.69, 9.17) is 0 Å². The van der Waals surface area contributed by atoms with Gasteiger partial charge in [0.1, 0.15) is 5.82 Å². The maximum atomic E-state index is 12.4. The number of hydrogen-bond acceptors (Lipinski definition) is 5. The topological polar surface area (TPSA) is 77.9 Å². The van der Waals surface area contributed by atoms with E-state index in [2.05, 4.69) is 34.1 Å². The number of benzene rings is 1. The second-order valence-corrected chi connectivity index (χ2v) is 7.15. The van der Waals surface area contributed by atoms with Crippen LogP contribution in [0.15, 0.2) is 53.8 Å². The number of rotatable bonds is 9. The fourth-order valence-electron chi connectivity index (χ4n) is 3.37. The van der Waals surface area contributed by atoms with E-state index in [1.54, 1.807) is 6.20 Å². The van der Waals surface area contributed by atoms with Crippen LogP contribution in [0.2, 0.25) is 0 Å². The number of hydrazone groups is 1. The van der Waals surface area contributed by atoms with Crippen LogP contribution in [0.3, 0.4) is 0 Å². The molecule has 1 aromatic carbocycles. The van der Waals surface area contributed by atoms with E-state index in [1.807, 2.05) is 42.5 Å². The third kappa shape index (κ3) is 5.65. The molecule has 0 aliphatic carbocycles. The Balaban J connectivity index is 1.42. The maximum absolute atomic E-state index is 12.4. The predicted octanol–water partition coefficient (Wildman–Crippen LogP) is 2.96. The molecule has 1 N–H and O–H groups in total. The van der Waals surface area contributed by atoms with Crippen LogP contribution in [0.1, 0.15) is 44.2 Å². The van der Waals surface area contributed by atoms with Gasteiger partial charge in [-0.25, -0.2) is 9.99 Å². The summed E-state index contributed by atoms with van der Waals surface area (Å²) in [5, 5.41) is 8.76. The molecule has 0 bridgehead atoms. The van der Waals surface area contributed by atoms with E-state index >= 15 is 0 Å². The number of carbonyl (C=O) groups excluding carboxylic acids is 2. The van der Waals surface area contributed by atoms with Crippen molar-refractivity contribution in [2.24, 2.45) is 5.10 Å². The molecule has 3 rings (SSSR count). The van der Waals surface area contributed by atoms with Crippen molar-refractivity contribution in [2.45, 2.75) is 39.7 Å². The van der Waals surface area contributed by atoms with Crippen molar-refractivity contribution in [2.75, 3.05) is 24.5 Å². The normalized spacial score (nSPS) is 13.1. The summed E-state index contributed by atoms with van der Waals surface area (Å²) in [6, 6.07) is 13.8. The lowest BCUT2D eigenvalue weighted by Crippen LogP contribution is -2.27. The van der Waals surface area contributed by atoms with Gasteiger partial charge in [-0.2, -0.15) is 5.10 Å². The number of aromatic nitrogens is 1. The van der Waals surface area contributed by atoms with Crippen molar-refractivity contribution in [3.63, 3.8) is 0 Å². The first-order valence-corrected chi connectivity index (χ1v) is 10.5. The first-order chi connectivity index (χ1) is 14.6. The summed E-state index contributed by atoms with van der Waals surface area (Å²) in [5.41, 5.74) is 2.88. The number of carbonyl (C=O) groups is 2. The first kappa shape index (κ1) is 21.5. The molecule has 0 unspecified atom stereocenters. The van der Waals surface area contributed by atoms with Gasteiger partial charge in [0, 0.05) is 45.1 Å². The molecule has 1 aliphatic heterocycles. The quantitative estimate of drug-likeness (QED) is 0.693. The lowest BCUT2D eigenvalue weighted by Gasteiger charge is -2.19. The van der Waals surface area contributed by atoms with Crippen LogP contribution in [0.25, 0.3) is 0 Å². The van der Waals surface area contributed by atoms with Crippen LogP contribution >= 0.6 is 0 Å². The summed E-state index contributed by atoms with van der Waals surface area (Å²) in [4.78, 5) is 31.1. The smallest absolute Gasteiger partial charge is 0.243 e. The highest BCUT2D eigenvalue weighted by Crippen LogP contribution is 2.15. The number of hydrogen-bond donors (Lipinski definition) is 1. The van der Waals surface area contributed by atoms with Crippen LogP contribution < -0.4 is 10.2 Å². The molecular weight excluding hydrogens is 378 g/mol. The molecule has 0 spiro atoms. The fraction of sp³-hybridized carbons (Fsp3) is 0.391. The van der Waals surface area contributed by atoms with Gasteiger partial charge in [0.15, 0.2) is 0 Å². The van der Waals surface area contributed by atoms with Gasteiger partial charge >= 0.3 is 0 Å². The number of nitrogens with one attached hydrogen (secondary N) is 1. The molecule has 2 amide bonds. The van der Waals surface area contributed by atoms with Gasteiger partial charge < -0.3 is 10.2 Å². The SMILES string of the molecule is CCN(CC)c1ccc(CNC(=O)CCC(=O)N2CCC(c3ccccc3)=N2)cn1. The zero-order valence-corrected chi connectivity index (χ0v) is 17.7. The number of pyridine rings is 1. The Bertz CT molecular complexity index is 876. The average molecular weight is 408 g/mol. The Morgan fingerprint density at radius 3 is 2.50 bits per heavy atom. The largest absolute Gasteiger partial charge is 0.357 e. The molecule has 2 aromatic rings. The summed E-state index contributed by atoms with van der Waals surface area (Å²) in [6.07, 6.45) is 2.81. The Hall–Kier alpha value is -3.22. The van der Waals surface area contributed by atoms with Gasteiger partial charge in [-0.05, 0) is 31.0 Å². The third-order valence-corrected chi connectivity index (χ3v) is 5.15. The van der Waals surface area contributed by atoms with Crippen molar-refractivity contribution in [1.29, 1.82) is 0 Å². The molecule has 1 aliphatic rings. The molecule has 0 fully saturated rings. The van der Waals surface area contributed by atoms with Crippen molar-refractivity contribution >= 4 is 23.3 Å². The molecule has 7 heteroatoms. The highest BCUT2D eigenvalue weighted by atomic mass is 16.2. The zero-order chi connectivity index (χ0) is 21.3.